The monoisotopic (exact) mass is 350 g/mol. The Bertz CT molecular complexity index is 937. The molecule has 0 N–H and O–H groups in total. The molecule has 5 nitrogen and oxygen atoms in total. The van der Waals surface area contributed by atoms with Crippen LogP contribution in [0.15, 0.2) is 42.9 Å². The van der Waals surface area contributed by atoms with Crippen molar-refractivity contribution in [1.82, 2.24) is 19.0 Å². The minimum absolute atomic E-state index is 0.133. The number of hydrogen-bond acceptors (Lipinski definition) is 2. The third-order valence-corrected chi connectivity index (χ3v) is 5.46. The summed E-state index contributed by atoms with van der Waals surface area (Å²) in [5.41, 5.74) is 1.90. The maximum Gasteiger partial charge on any atom is 0.256 e. The second kappa shape index (κ2) is 6.63. The molecule has 1 saturated heterocycles. The van der Waals surface area contributed by atoms with Gasteiger partial charge in [0.1, 0.15) is 5.82 Å². The minimum Gasteiger partial charge on any atom is -0.350 e. The lowest BCUT2D eigenvalue weighted by Crippen LogP contribution is -2.39. The zero-order chi connectivity index (χ0) is 18.3. The van der Waals surface area contributed by atoms with E-state index in [1.807, 2.05) is 53.3 Å². The van der Waals surface area contributed by atoms with Crippen LogP contribution in [0.3, 0.4) is 0 Å². The molecule has 1 fully saturated rings. The van der Waals surface area contributed by atoms with Crippen LogP contribution in [0.5, 0.6) is 0 Å². The van der Waals surface area contributed by atoms with Gasteiger partial charge in [0.05, 0.1) is 5.56 Å². The number of fused-ring (bicyclic) bond motifs is 1. The van der Waals surface area contributed by atoms with Gasteiger partial charge in [0.2, 0.25) is 0 Å². The van der Waals surface area contributed by atoms with Crippen LogP contribution in [0.1, 0.15) is 54.8 Å². The van der Waals surface area contributed by atoms with Gasteiger partial charge in [-0.15, -0.1) is 0 Å². The van der Waals surface area contributed by atoms with Crippen LogP contribution in [0.2, 0.25) is 0 Å². The summed E-state index contributed by atoms with van der Waals surface area (Å²) in [5, 5.41) is 1.03. The van der Waals surface area contributed by atoms with E-state index in [9.17, 15) is 4.79 Å². The van der Waals surface area contributed by atoms with E-state index in [0.29, 0.717) is 12.0 Å². The molecule has 26 heavy (non-hydrogen) atoms. The molecule has 0 bridgehead atoms. The number of rotatable bonds is 3. The first-order chi connectivity index (χ1) is 12.6. The fourth-order valence-electron chi connectivity index (χ4n) is 4.13. The Labute approximate surface area is 154 Å². The number of aryl methyl sites for hydroxylation is 1. The molecule has 0 aliphatic carbocycles. The van der Waals surface area contributed by atoms with E-state index in [1.54, 1.807) is 0 Å². The second-order valence-corrected chi connectivity index (χ2v) is 7.55. The van der Waals surface area contributed by atoms with E-state index in [0.717, 1.165) is 48.2 Å². The van der Waals surface area contributed by atoms with Crippen LogP contribution in [-0.2, 0) is 7.05 Å². The summed E-state index contributed by atoms with van der Waals surface area (Å²) in [7, 11) is 2.00. The number of piperidine rings is 1. The van der Waals surface area contributed by atoms with Crippen molar-refractivity contribution in [2.45, 2.75) is 38.6 Å². The van der Waals surface area contributed by atoms with Gasteiger partial charge in [0.15, 0.2) is 0 Å². The molecule has 136 valence electrons. The number of imidazole rings is 1. The van der Waals surface area contributed by atoms with Crippen molar-refractivity contribution in [1.29, 1.82) is 0 Å². The number of carbonyl (C=O) groups excluding carboxylic acids is 1. The lowest BCUT2D eigenvalue weighted by atomic mass is 9.96. The summed E-state index contributed by atoms with van der Waals surface area (Å²) in [6.07, 6.45) is 7.99. The lowest BCUT2D eigenvalue weighted by Gasteiger charge is -2.33. The number of aromatic nitrogens is 3. The average Bonchev–Trinajstić information content (AvgIpc) is 3.27. The predicted octanol–water partition coefficient (Wildman–Crippen LogP) is 3.98. The zero-order valence-corrected chi connectivity index (χ0v) is 15.7. The van der Waals surface area contributed by atoms with Gasteiger partial charge in [0, 0.05) is 61.6 Å². The average molecular weight is 350 g/mol. The molecule has 3 heterocycles. The molecular weight excluding hydrogens is 324 g/mol. The van der Waals surface area contributed by atoms with Crippen LogP contribution in [-0.4, -0.2) is 38.0 Å². The lowest BCUT2D eigenvalue weighted by molar-refractivity contribution is 0.0705. The molecule has 2 aromatic heterocycles. The highest BCUT2D eigenvalue weighted by atomic mass is 16.2. The smallest absolute Gasteiger partial charge is 0.256 e. The Balaban J connectivity index is 1.61. The Morgan fingerprint density at radius 1 is 1.27 bits per heavy atom. The van der Waals surface area contributed by atoms with Crippen LogP contribution >= 0.6 is 0 Å². The number of likely N-dealkylation sites (tertiary alicyclic amines) is 1. The number of carbonyl (C=O) groups is 1. The molecule has 5 heteroatoms. The van der Waals surface area contributed by atoms with Crippen molar-refractivity contribution < 1.29 is 4.79 Å². The highest BCUT2D eigenvalue weighted by Gasteiger charge is 2.29. The molecule has 4 rings (SSSR count). The number of benzene rings is 1. The van der Waals surface area contributed by atoms with Crippen LogP contribution in [0.4, 0.5) is 0 Å². The van der Waals surface area contributed by atoms with Crippen LogP contribution < -0.4 is 0 Å². The largest absolute Gasteiger partial charge is 0.350 e. The summed E-state index contributed by atoms with van der Waals surface area (Å²) in [6, 6.07) is 8.49. The number of hydrogen-bond donors (Lipinski definition) is 0. The summed E-state index contributed by atoms with van der Waals surface area (Å²) >= 11 is 0. The predicted molar refractivity (Wildman–Crippen MR) is 103 cm³/mol. The normalized spacial score (nSPS) is 18.0. The Morgan fingerprint density at radius 3 is 2.88 bits per heavy atom. The SMILES string of the molecule is CC(C)n1ccnc1C1CCCN(C(=O)c2cn(C)c3ccccc23)C1. The van der Waals surface area contributed by atoms with Gasteiger partial charge in [-0.1, -0.05) is 18.2 Å². The number of amides is 1. The van der Waals surface area contributed by atoms with Crippen LogP contribution in [0.25, 0.3) is 10.9 Å². The fraction of sp³-hybridized carbons (Fsp3) is 0.429. The van der Waals surface area contributed by atoms with Gasteiger partial charge in [-0.2, -0.15) is 0 Å². The van der Waals surface area contributed by atoms with Crippen molar-refractivity contribution in [3.05, 3.63) is 54.2 Å². The summed E-state index contributed by atoms with van der Waals surface area (Å²) in [5.74, 6) is 1.55. The Morgan fingerprint density at radius 2 is 2.08 bits per heavy atom. The Kier molecular flexibility index (Phi) is 4.31. The maximum atomic E-state index is 13.2. The Hall–Kier alpha value is -2.56. The molecule has 1 atom stereocenters. The van der Waals surface area contributed by atoms with Gasteiger partial charge in [-0.05, 0) is 32.8 Å². The van der Waals surface area contributed by atoms with Crippen molar-refractivity contribution in [2.75, 3.05) is 13.1 Å². The van der Waals surface area contributed by atoms with E-state index in [-0.39, 0.29) is 5.91 Å². The highest BCUT2D eigenvalue weighted by molar-refractivity contribution is 6.07. The first-order valence-electron chi connectivity index (χ1n) is 9.42. The molecule has 0 radical (unpaired) electrons. The van der Waals surface area contributed by atoms with Gasteiger partial charge < -0.3 is 14.0 Å². The van der Waals surface area contributed by atoms with Crippen molar-refractivity contribution >= 4 is 16.8 Å². The van der Waals surface area contributed by atoms with Gasteiger partial charge in [-0.3, -0.25) is 4.79 Å². The standard InChI is InChI=1S/C21H26N4O/c1-15(2)25-12-10-22-20(25)16-7-6-11-24(13-16)21(26)18-14-23(3)19-9-5-4-8-17(18)19/h4-5,8-10,12,14-16H,6-7,11,13H2,1-3H3. The van der Waals surface area contributed by atoms with E-state index in [1.165, 1.54) is 0 Å². The third kappa shape index (κ3) is 2.81. The van der Waals surface area contributed by atoms with Gasteiger partial charge in [-0.25, -0.2) is 4.98 Å². The number of para-hydroxylation sites is 1. The summed E-state index contributed by atoms with van der Waals surface area (Å²) in [6.45, 7) is 5.91. The molecule has 1 amide bonds. The zero-order valence-electron chi connectivity index (χ0n) is 15.7. The topological polar surface area (TPSA) is 43.1 Å². The first kappa shape index (κ1) is 16.9. The van der Waals surface area contributed by atoms with E-state index in [2.05, 4.69) is 29.5 Å². The van der Waals surface area contributed by atoms with Crippen LogP contribution in [0, 0.1) is 0 Å². The second-order valence-electron chi connectivity index (χ2n) is 7.55. The highest BCUT2D eigenvalue weighted by Crippen LogP contribution is 2.29. The first-order valence-corrected chi connectivity index (χ1v) is 9.42. The third-order valence-electron chi connectivity index (χ3n) is 5.46. The molecule has 1 unspecified atom stereocenters. The van der Waals surface area contributed by atoms with Crippen molar-refractivity contribution in [2.24, 2.45) is 7.05 Å². The molecule has 1 aliphatic heterocycles. The van der Waals surface area contributed by atoms with E-state index < -0.39 is 0 Å². The quantitative estimate of drug-likeness (QED) is 0.717. The van der Waals surface area contributed by atoms with E-state index in [4.69, 9.17) is 0 Å². The summed E-state index contributed by atoms with van der Waals surface area (Å²) < 4.78 is 4.27. The van der Waals surface area contributed by atoms with Crippen molar-refractivity contribution in [3.8, 4) is 0 Å². The summed E-state index contributed by atoms with van der Waals surface area (Å²) in [4.78, 5) is 19.9. The van der Waals surface area contributed by atoms with Crippen molar-refractivity contribution in [3.63, 3.8) is 0 Å². The molecule has 0 spiro atoms. The molecule has 1 aliphatic rings. The van der Waals surface area contributed by atoms with Gasteiger partial charge in [0.25, 0.3) is 5.91 Å². The molecule has 3 aromatic rings. The number of nitrogens with zero attached hydrogens (tertiary/aromatic N) is 4. The minimum atomic E-state index is 0.133. The van der Waals surface area contributed by atoms with E-state index >= 15 is 0 Å². The fourth-order valence-corrected chi connectivity index (χ4v) is 4.13. The molecule has 1 aromatic carbocycles. The maximum absolute atomic E-state index is 13.2. The molecule has 0 saturated carbocycles. The molecular formula is C21H26N4O. The van der Waals surface area contributed by atoms with Gasteiger partial charge >= 0.3 is 0 Å².